The van der Waals surface area contributed by atoms with Gasteiger partial charge in [-0.1, -0.05) is 11.6 Å². The Labute approximate surface area is 127 Å². The molecule has 2 rings (SSSR count). The van der Waals surface area contributed by atoms with E-state index in [1.807, 2.05) is 11.6 Å². The van der Waals surface area contributed by atoms with Gasteiger partial charge in [0.1, 0.15) is 0 Å². The van der Waals surface area contributed by atoms with E-state index < -0.39 is 0 Å². The minimum atomic E-state index is 0.142. The van der Waals surface area contributed by atoms with E-state index in [0.29, 0.717) is 6.04 Å². The van der Waals surface area contributed by atoms with Crippen molar-refractivity contribution in [3.63, 3.8) is 0 Å². The summed E-state index contributed by atoms with van der Waals surface area (Å²) in [5, 5.41) is 8.97. The lowest BCUT2D eigenvalue weighted by Gasteiger charge is -2.33. The SMILES string of the molecule is CCn1nc(C)c(Cl)c1CN1CC(C)(C)NCCC1C. The van der Waals surface area contributed by atoms with Gasteiger partial charge in [-0.15, -0.1) is 0 Å². The zero-order valence-electron chi connectivity index (χ0n) is 13.3. The quantitative estimate of drug-likeness (QED) is 0.931. The molecule has 1 aromatic heterocycles. The number of hydrogen-bond donors (Lipinski definition) is 1. The average molecular weight is 299 g/mol. The molecule has 4 nitrogen and oxygen atoms in total. The predicted molar refractivity (Wildman–Crippen MR) is 84.2 cm³/mol. The van der Waals surface area contributed by atoms with Crippen LogP contribution in [0.2, 0.25) is 5.02 Å². The van der Waals surface area contributed by atoms with Crippen LogP contribution in [0.25, 0.3) is 0 Å². The zero-order chi connectivity index (χ0) is 14.9. The van der Waals surface area contributed by atoms with Gasteiger partial charge in [0.25, 0.3) is 0 Å². The van der Waals surface area contributed by atoms with Gasteiger partial charge in [-0.2, -0.15) is 5.10 Å². The lowest BCUT2D eigenvalue weighted by molar-refractivity contribution is 0.168. The van der Waals surface area contributed by atoms with Crippen molar-refractivity contribution in [2.45, 2.75) is 65.7 Å². The van der Waals surface area contributed by atoms with Crippen molar-refractivity contribution >= 4 is 11.6 Å². The molecule has 0 saturated carbocycles. The molecule has 1 aliphatic heterocycles. The molecular formula is C15H27ClN4. The lowest BCUT2D eigenvalue weighted by atomic mass is 10.1. The number of nitrogens with one attached hydrogen (secondary N) is 1. The monoisotopic (exact) mass is 298 g/mol. The van der Waals surface area contributed by atoms with Crippen LogP contribution in [-0.2, 0) is 13.1 Å². The number of aryl methyl sites for hydroxylation is 2. The molecule has 0 aromatic carbocycles. The Kier molecular flexibility index (Phi) is 4.77. The number of rotatable bonds is 3. The van der Waals surface area contributed by atoms with E-state index in [-0.39, 0.29) is 5.54 Å². The molecule has 1 unspecified atom stereocenters. The Morgan fingerprint density at radius 1 is 1.45 bits per heavy atom. The van der Waals surface area contributed by atoms with Crippen molar-refractivity contribution in [1.82, 2.24) is 20.0 Å². The molecule has 0 aliphatic carbocycles. The van der Waals surface area contributed by atoms with Gasteiger partial charge in [0, 0.05) is 31.2 Å². The Morgan fingerprint density at radius 3 is 2.80 bits per heavy atom. The summed E-state index contributed by atoms with van der Waals surface area (Å²) in [7, 11) is 0. The molecule has 1 N–H and O–H groups in total. The largest absolute Gasteiger partial charge is 0.310 e. The fourth-order valence-electron chi connectivity index (χ4n) is 2.95. The van der Waals surface area contributed by atoms with Crippen LogP contribution in [0.5, 0.6) is 0 Å². The second-order valence-electron chi connectivity index (χ2n) is 6.52. The number of aromatic nitrogens is 2. The Hall–Kier alpha value is -0.580. The molecule has 0 radical (unpaired) electrons. The summed E-state index contributed by atoms with van der Waals surface area (Å²) in [6, 6.07) is 0.556. The summed E-state index contributed by atoms with van der Waals surface area (Å²) in [4.78, 5) is 2.52. The van der Waals surface area contributed by atoms with E-state index in [2.05, 4.69) is 43.0 Å². The maximum absolute atomic E-state index is 6.45. The van der Waals surface area contributed by atoms with Gasteiger partial charge in [-0.3, -0.25) is 9.58 Å². The Bertz CT molecular complexity index is 467. The summed E-state index contributed by atoms with van der Waals surface area (Å²) in [6.45, 7) is 14.8. The molecule has 20 heavy (non-hydrogen) atoms. The molecule has 0 spiro atoms. The molecule has 2 heterocycles. The first-order valence-electron chi connectivity index (χ1n) is 7.55. The lowest BCUT2D eigenvalue weighted by Crippen LogP contribution is -2.47. The van der Waals surface area contributed by atoms with Gasteiger partial charge in [0.15, 0.2) is 0 Å². The van der Waals surface area contributed by atoms with Crippen LogP contribution in [-0.4, -0.2) is 39.4 Å². The van der Waals surface area contributed by atoms with Crippen LogP contribution in [0.3, 0.4) is 0 Å². The highest BCUT2D eigenvalue weighted by molar-refractivity contribution is 6.31. The van der Waals surface area contributed by atoms with Gasteiger partial charge in [-0.25, -0.2) is 0 Å². The molecule has 0 amide bonds. The van der Waals surface area contributed by atoms with E-state index in [9.17, 15) is 0 Å². The maximum atomic E-state index is 6.45. The smallest absolute Gasteiger partial charge is 0.0860 e. The van der Waals surface area contributed by atoms with Crippen LogP contribution < -0.4 is 5.32 Å². The number of halogens is 1. The van der Waals surface area contributed by atoms with Crippen LogP contribution in [0, 0.1) is 6.92 Å². The summed E-state index contributed by atoms with van der Waals surface area (Å²) < 4.78 is 2.04. The zero-order valence-corrected chi connectivity index (χ0v) is 14.1. The van der Waals surface area contributed by atoms with Crippen molar-refractivity contribution in [1.29, 1.82) is 0 Å². The molecule has 1 atom stereocenters. The highest BCUT2D eigenvalue weighted by Crippen LogP contribution is 2.25. The molecular weight excluding hydrogens is 272 g/mol. The van der Waals surface area contributed by atoms with Crippen molar-refractivity contribution in [2.24, 2.45) is 0 Å². The third-order valence-corrected chi connectivity index (χ3v) is 4.68. The normalized spacial score (nSPS) is 23.8. The first-order valence-corrected chi connectivity index (χ1v) is 7.92. The summed E-state index contributed by atoms with van der Waals surface area (Å²) in [5.74, 6) is 0. The van der Waals surface area contributed by atoms with E-state index in [4.69, 9.17) is 11.6 Å². The third-order valence-electron chi connectivity index (χ3n) is 4.19. The summed E-state index contributed by atoms with van der Waals surface area (Å²) in [5.41, 5.74) is 2.23. The highest BCUT2D eigenvalue weighted by Gasteiger charge is 2.29. The molecule has 1 saturated heterocycles. The van der Waals surface area contributed by atoms with Gasteiger partial charge in [0.05, 0.1) is 16.4 Å². The summed E-state index contributed by atoms with van der Waals surface area (Å²) >= 11 is 6.45. The molecule has 1 fully saturated rings. The molecule has 1 aliphatic rings. The van der Waals surface area contributed by atoms with Crippen molar-refractivity contribution < 1.29 is 0 Å². The van der Waals surface area contributed by atoms with E-state index in [0.717, 1.165) is 42.6 Å². The van der Waals surface area contributed by atoms with Gasteiger partial charge in [-0.05, 0) is 47.6 Å². The fraction of sp³-hybridized carbons (Fsp3) is 0.800. The van der Waals surface area contributed by atoms with Crippen LogP contribution in [0.4, 0.5) is 0 Å². The number of nitrogens with zero attached hydrogens (tertiary/aromatic N) is 3. The molecule has 0 bridgehead atoms. The third kappa shape index (κ3) is 3.35. The van der Waals surface area contributed by atoms with Gasteiger partial charge >= 0.3 is 0 Å². The van der Waals surface area contributed by atoms with Crippen molar-refractivity contribution in [2.75, 3.05) is 13.1 Å². The maximum Gasteiger partial charge on any atom is 0.0860 e. The highest BCUT2D eigenvalue weighted by atomic mass is 35.5. The van der Waals surface area contributed by atoms with E-state index >= 15 is 0 Å². The van der Waals surface area contributed by atoms with Crippen molar-refractivity contribution in [3.05, 3.63) is 16.4 Å². The topological polar surface area (TPSA) is 33.1 Å². The van der Waals surface area contributed by atoms with Gasteiger partial charge < -0.3 is 5.32 Å². The second-order valence-corrected chi connectivity index (χ2v) is 6.89. The number of hydrogen-bond acceptors (Lipinski definition) is 3. The first-order chi connectivity index (χ1) is 9.34. The van der Waals surface area contributed by atoms with E-state index in [1.165, 1.54) is 6.42 Å². The summed E-state index contributed by atoms with van der Waals surface area (Å²) in [6.07, 6.45) is 1.17. The van der Waals surface area contributed by atoms with Gasteiger partial charge in [0.2, 0.25) is 0 Å². The van der Waals surface area contributed by atoms with Crippen LogP contribution in [0.1, 0.15) is 45.5 Å². The Morgan fingerprint density at radius 2 is 2.15 bits per heavy atom. The minimum Gasteiger partial charge on any atom is -0.310 e. The molecule has 1 aromatic rings. The predicted octanol–water partition coefficient (Wildman–Crippen LogP) is 2.83. The molecule has 5 heteroatoms. The van der Waals surface area contributed by atoms with Crippen molar-refractivity contribution in [3.8, 4) is 0 Å². The fourth-order valence-corrected chi connectivity index (χ4v) is 3.14. The second kappa shape index (κ2) is 6.04. The van der Waals surface area contributed by atoms with Crippen LogP contribution >= 0.6 is 11.6 Å². The first kappa shape index (κ1) is 15.8. The standard InChI is InChI=1S/C15H27ClN4/c1-6-20-13(14(16)12(3)18-20)9-19-10-15(4,5)17-8-7-11(19)2/h11,17H,6-10H2,1-5H3. The average Bonchev–Trinajstić information content (AvgIpc) is 2.56. The van der Waals surface area contributed by atoms with E-state index in [1.54, 1.807) is 0 Å². The molecule has 114 valence electrons. The minimum absolute atomic E-state index is 0.142. The Balaban J connectivity index is 2.23. The van der Waals surface area contributed by atoms with Crippen LogP contribution in [0.15, 0.2) is 0 Å².